The molecule has 1 saturated carbocycles. The van der Waals surface area contributed by atoms with E-state index in [1.165, 1.54) is 6.33 Å². The average molecular weight is 233 g/mol. The van der Waals surface area contributed by atoms with Crippen molar-refractivity contribution < 1.29 is 9.53 Å². The van der Waals surface area contributed by atoms with Gasteiger partial charge in [-0.1, -0.05) is 5.21 Å². The van der Waals surface area contributed by atoms with Crippen LogP contribution in [0.2, 0.25) is 0 Å². The van der Waals surface area contributed by atoms with Crippen LogP contribution in [-0.4, -0.2) is 37.5 Å². The second-order valence-corrected chi connectivity index (χ2v) is 3.88. The average Bonchev–Trinajstić information content (AvgIpc) is 3.08. The Balaban J connectivity index is 2.10. The molecule has 17 heavy (non-hydrogen) atoms. The molecule has 2 aromatic heterocycles. The van der Waals surface area contributed by atoms with Crippen LogP contribution in [-0.2, 0) is 4.74 Å². The van der Waals surface area contributed by atoms with Crippen LogP contribution in [0.1, 0.15) is 36.3 Å². The number of hydrogen-bond acceptors (Lipinski definition) is 6. The number of fused-ring (bicyclic) bond motifs is 1. The molecule has 2 aromatic rings. The number of carbonyl (C=O) groups is 1. The molecule has 0 saturated heterocycles. The molecule has 0 N–H and O–H groups in total. The summed E-state index contributed by atoms with van der Waals surface area (Å²) in [5, 5.41) is 7.99. The Kier molecular flexibility index (Phi) is 2.24. The lowest BCUT2D eigenvalue weighted by molar-refractivity contribution is 0.0521. The summed E-state index contributed by atoms with van der Waals surface area (Å²) in [6, 6.07) is 0.366. The Morgan fingerprint density at radius 3 is 3.06 bits per heavy atom. The van der Waals surface area contributed by atoms with Gasteiger partial charge in [0.2, 0.25) is 0 Å². The van der Waals surface area contributed by atoms with E-state index >= 15 is 0 Å². The molecule has 2 heterocycles. The third-order valence-electron chi connectivity index (χ3n) is 2.62. The normalized spacial score (nSPS) is 15.1. The topological polar surface area (TPSA) is 82.8 Å². The molecule has 0 radical (unpaired) electrons. The van der Waals surface area contributed by atoms with Gasteiger partial charge in [-0.2, -0.15) is 0 Å². The maximum Gasteiger partial charge on any atom is 0.359 e. The summed E-state index contributed by atoms with van der Waals surface area (Å²) in [5.74, 6) is -0.484. The van der Waals surface area contributed by atoms with Crippen LogP contribution < -0.4 is 0 Å². The molecule has 0 aliphatic heterocycles. The van der Waals surface area contributed by atoms with E-state index in [0.29, 0.717) is 23.8 Å². The Morgan fingerprint density at radius 1 is 1.53 bits per heavy atom. The highest BCUT2D eigenvalue weighted by molar-refractivity contribution is 5.98. The van der Waals surface area contributed by atoms with Crippen molar-refractivity contribution >= 4 is 17.1 Å². The summed E-state index contributed by atoms with van der Waals surface area (Å²) in [4.78, 5) is 19.7. The number of rotatable bonds is 3. The van der Waals surface area contributed by atoms with E-state index in [4.69, 9.17) is 4.74 Å². The second kappa shape index (κ2) is 3.76. The van der Waals surface area contributed by atoms with Crippen LogP contribution >= 0.6 is 0 Å². The van der Waals surface area contributed by atoms with E-state index in [-0.39, 0.29) is 5.69 Å². The highest BCUT2D eigenvalue weighted by Crippen LogP contribution is 2.35. The zero-order chi connectivity index (χ0) is 11.8. The quantitative estimate of drug-likeness (QED) is 0.727. The van der Waals surface area contributed by atoms with Crippen molar-refractivity contribution in [3.63, 3.8) is 0 Å². The fourth-order valence-corrected chi connectivity index (χ4v) is 1.68. The summed E-state index contributed by atoms with van der Waals surface area (Å²) < 4.78 is 6.66. The van der Waals surface area contributed by atoms with Crippen molar-refractivity contribution in [1.29, 1.82) is 0 Å². The van der Waals surface area contributed by atoms with Gasteiger partial charge in [0.15, 0.2) is 16.9 Å². The van der Waals surface area contributed by atoms with Gasteiger partial charge in [0.05, 0.1) is 12.6 Å². The number of esters is 1. The first kappa shape index (κ1) is 10.1. The maximum atomic E-state index is 11.7. The first-order valence-electron chi connectivity index (χ1n) is 5.54. The molecule has 1 fully saturated rings. The first-order valence-corrected chi connectivity index (χ1v) is 5.54. The SMILES string of the molecule is CCOC(=O)c1ncnc2c1nnn2C1CC1. The summed E-state index contributed by atoms with van der Waals surface area (Å²) in [5.41, 5.74) is 1.20. The van der Waals surface area contributed by atoms with Crippen LogP contribution in [0.5, 0.6) is 0 Å². The Morgan fingerprint density at radius 2 is 2.35 bits per heavy atom. The molecule has 1 aliphatic carbocycles. The molecule has 0 bridgehead atoms. The summed E-state index contributed by atoms with van der Waals surface area (Å²) in [7, 11) is 0. The van der Waals surface area contributed by atoms with E-state index in [9.17, 15) is 4.79 Å². The molecule has 0 unspecified atom stereocenters. The fourth-order valence-electron chi connectivity index (χ4n) is 1.68. The molecular formula is C10H11N5O2. The van der Waals surface area contributed by atoms with Gasteiger partial charge in [-0.3, -0.25) is 0 Å². The van der Waals surface area contributed by atoms with Crippen LogP contribution in [0.15, 0.2) is 6.33 Å². The lowest BCUT2D eigenvalue weighted by Gasteiger charge is -2.01. The van der Waals surface area contributed by atoms with Gasteiger partial charge in [0.25, 0.3) is 0 Å². The van der Waals surface area contributed by atoms with Crippen LogP contribution in [0.25, 0.3) is 11.2 Å². The van der Waals surface area contributed by atoms with Crippen molar-refractivity contribution in [2.75, 3.05) is 6.61 Å². The van der Waals surface area contributed by atoms with Gasteiger partial charge in [-0.05, 0) is 19.8 Å². The highest BCUT2D eigenvalue weighted by atomic mass is 16.5. The molecule has 88 valence electrons. The van der Waals surface area contributed by atoms with Gasteiger partial charge < -0.3 is 4.74 Å². The predicted molar refractivity (Wildman–Crippen MR) is 57.3 cm³/mol. The molecule has 0 aromatic carbocycles. The molecular weight excluding hydrogens is 222 g/mol. The van der Waals surface area contributed by atoms with Gasteiger partial charge in [-0.25, -0.2) is 19.4 Å². The minimum atomic E-state index is -0.484. The molecule has 7 nitrogen and oxygen atoms in total. The number of carbonyl (C=O) groups excluding carboxylic acids is 1. The Hall–Kier alpha value is -2.05. The van der Waals surface area contributed by atoms with Gasteiger partial charge in [0, 0.05) is 0 Å². The molecule has 7 heteroatoms. The van der Waals surface area contributed by atoms with Crippen molar-refractivity contribution in [3.05, 3.63) is 12.0 Å². The van der Waals surface area contributed by atoms with Gasteiger partial charge in [-0.15, -0.1) is 5.10 Å². The maximum absolute atomic E-state index is 11.7. The largest absolute Gasteiger partial charge is 0.461 e. The minimum Gasteiger partial charge on any atom is -0.461 e. The van der Waals surface area contributed by atoms with Gasteiger partial charge in [0.1, 0.15) is 6.33 Å². The lowest BCUT2D eigenvalue weighted by Crippen LogP contribution is -2.08. The standard InChI is InChI=1S/C10H11N5O2/c1-2-17-10(16)8-7-9(12-5-11-8)15(14-13-7)6-3-4-6/h5-6H,2-4H2,1H3. The van der Waals surface area contributed by atoms with Crippen LogP contribution in [0.3, 0.4) is 0 Å². The first-order chi connectivity index (χ1) is 8.31. The molecule has 0 amide bonds. The van der Waals surface area contributed by atoms with E-state index < -0.39 is 5.97 Å². The third kappa shape index (κ3) is 1.63. The van der Waals surface area contributed by atoms with E-state index in [1.54, 1.807) is 11.6 Å². The zero-order valence-corrected chi connectivity index (χ0v) is 9.33. The van der Waals surface area contributed by atoms with Crippen LogP contribution in [0.4, 0.5) is 0 Å². The van der Waals surface area contributed by atoms with Crippen molar-refractivity contribution in [2.24, 2.45) is 0 Å². The summed E-state index contributed by atoms with van der Waals surface area (Å²) in [6.45, 7) is 2.05. The monoisotopic (exact) mass is 233 g/mol. The molecule has 1 aliphatic rings. The van der Waals surface area contributed by atoms with E-state index in [0.717, 1.165) is 12.8 Å². The van der Waals surface area contributed by atoms with Crippen molar-refractivity contribution in [2.45, 2.75) is 25.8 Å². The lowest BCUT2D eigenvalue weighted by atomic mass is 10.3. The third-order valence-corrected chi connectivity index (χ3v) is 2.62. The van der Waals surface area contributed by atoms with Crippen molar-refractivity contribution in [1.82, 2.24) is 25.0 Å². The molecule has 0 spiro atoms. The Bertz CT molecular complexity index is 575. The number of nitrogens with zero attached hydrogens (tertiary/aromatic N) is 5. The number of aromatic nitrogens is 5. The Labute approximate surface area is 96.8 Å². The molecule has 0 atom stereocenters. The highest BCUT2D eigenvalue weighted by Gasteiger charge is 2.28. The smallest absolute Gasteiger partial charge is 0.359 e. The summed E-state index contributed by atoms with van der Waals surface area (Å²) in [6.07, 6.45) is 3.51. The number of hydrogen-bond donors (Lipinski definition) is 0. The summed E-state index contributed by atoms with van der Waals surface area (Å²) >= 11 is 0. The number of ether oxygens (including phenoxy) is 1. The zero-order valence-electron chi connectivity index (χ0n) is 9.33. The van der Waals surface area contributed by atoms with E-state index in [2.05, 4.69) is 20.3 Å². The van der Waals surface area contributed by atoms with E-state index in [1.807, 2.05) is 0 Å². The van der Waals surface area contributed by atoms with Crippen LogP contribution in [0, 0.1) is 0 Å². The van der Waals surface area contributed by atoms with Gasteiger partial charge >= 0.3 is 5.97 Å². The predicted octanol–water partition coefficient (Wildman–Crippen LogP) is 0.733. The van der Waals surface area contributed by atoms with Crippen molar-refractivity contribution in [3.8, 4) is 0 Å². The second-order valence-electron chi connectivity index (χ2n) is 3.88. The molecule has 3 rings (SSSR count). The fraction of sp³-hybridized carbons (Fsp3) is 0.500. The minimum absolute atomic E-state index is 0.184.